The third-order valence-corrected chi connectivity index (χ3v) is 3.74. The van der Waals surface area contributed by atoms with Crippen LogP contribution in [0.5, 0.6) is 0 Å². The van der Waals surface area contributed by atoms with Gasteiger partial charge in [0.05, 0.1) is 12.5 Å². The number of carbonyl (C=O) groups excluding carboxylic acids is 1. The summed E-state index contributed by atoms with van der Waals surface area (Å²) in [6.07, 6.45) is 3.12. The maximum atomic E-state index is 12.4. The molecule has 2 aromatic rings. The molecule has 1 saturated heterocycles. The summed E-state index contributed by atoms with van der Waals surface area (Å²) < 4.78 is 0. The molecular formula is C15H18N4O. The van der Waals surface area contributed by atoms with Crippen molar-refractivity contribution >= 4 is 11.6 Å². The predicted molar refractivity (Wildman–Crippen MR) is 77.7 cm³/mol. The normalized spacial score (nSPS) is 19.1. The van der Waals surface area contributed by atoms with E-state index in [1.165, 1.54) is 12.0 Å². The van der Waals surface area contributed by atoms with Crippen LogP contribution in [0, 0.1) is 0 Å². The van der Waals surface area contributed by atoms with E-state index in [9.17, 15) is 4.79 Å². The molecule has 104 valence electrons. The fraction of sp³-hybridized carbons (Fsp3) is 0.333. The van der Waals surface area contributed by atoms with E-state index in [2.05, 4.69) is 33.9 Å². The number of nitrogens with zero attached hydrogens (tertiary/aromatic N) is 3. The van der Waals surface area contributed by atoms with Gasteiger partial charge in [0.1, 0.15) is 5.69 Å². The van der Waals surface area contributed by atoms with Gasteiger partial charge in [0.25, 0.3) is 5.91 Å². The Bertz CT molecular complexity index is 567. The third kappa shape index (κ3) is 2.39. The van der Waals surface area contributed by atoms with Crippen LogP contribution in [0.15, 0.2) is 42.9 Å². The first-order valence-electron chi connectivity index (χ1n) is 6.85. The number of hydrogen-bond acceptors (Lipinski definition) is 3. The number of aromatic amines is 1. The number of piperazine rings is 1. The molecule has 1 amide bonds. The van der Waals surface area contributed by atoms with Gasteiger partial charge in [-0.1, -0.05) is 18.2 Å². The highest BCUT2D eigenvalue weighted by atomic mass is 16.2. The Balaban J connectivity index is 1.70. The van der Waals surface area contributed by atoms with E-state index in [0.29, 0.717) is 5.69 Å². The molecule has 0 bridgehead atoms. The molecule has 5 nitrogen and oxygen atoms in total. The lowest BCUT2D eigenvalue weighted by molar-refractivity contribution is 0.0668. The molecule has 1 fully saturated rings. The van der Waals surface area contributed by atoms with E-state index >= 15 is 0 Å². The molecule has 0 aliphatic carbocycles. The number of amides is 1. The van der Waals surface area contributed by atoms with Crippen molar-refractivity contribution in [3.63, 3.8) is 0 Å². The van der Waals surface area contributed by atoms with Crippen LogP contribution in [0.1, 0.15) is 17.4 Å². The number of carbonyl (C=O) groups is 1. The Labute approximate surface area is 118 Å². The minimum Gasteiger partial charge on any atom is -0.368 e. The Hall–Kier alpha value is -2.30. The lowest BCUT2D eigenvalue weighted by Gasteiger charge is -2.40. The van der Waals surface area contributed by atoms with E-state index < -0.39 is 0 Å². The smallest absolute Gasteiger partial charge is 0.272 e. The SMILES string of the molecule is C[C@H]1CN(c2ccccc2)CCN1C(=O)c1cnc[nH]1. The second-order valence-corrected chi connectivity index (χ2v) is 5.09. The van der Waals surface area contributed by atoms with E-state index in [0.717, 1.165) is 19.6 Å². The molecule has 1 aliphatic rings. The average molecular weight is 270 g/mol. The minimum absolute atomic E-state index is 0.0303. The fourth-order valence-electron chi connectivity index (χ4n) is 2.66. The van der Waals surface area contributed by atoms with Crippen LogP contribution in [0.2, 0.25) is 0 Å². The van der Waals surface area contributed by atoms with Gasteiger partial charge in [-0.2, -0.15) is 0 Å². The number of hydrogen-bond donors (Lipinski definition) is 1. The summed E-state index contributed by atoms with van der Waals surface area (Å²) in [7, 11) is 0. The molecule has 0 unspecified atom stereocenters. The van der Waals surface area contributed by atoms with Crippen LogP contribution in [-0.4, -0.2) is 46.5 Å². The van der Waals surface area contributed by atoms with Crippen molar-refractivity contribution in [2.24, 2.45) is 0 Å². The Morgan fingerprint density at radius 3 is 2.75 bits per heavy atom. The molecule has 1 atom stereocenters. The van der Waals surface area contributed by atoms with Crippen molar-refractivity contribution in [3.8, 4) is 0 Å². The van der Waals surface area contributed by atoms with E-state index in [4.69, 9.17) is 0 Å². The van der Waals surface area contributed by atoms with Crippen molar-refractivity contribution in [2.75, 3.05) is 24.5 Å². The van der Waals surface area contributed by atoms with Gasteiger partial charge in [-0.05, 0) is 19.1 Å². The molecule has 1 aromatic carbocycles. The molecule has 5 heteroatoms. The largest absolute Gasteiger partial charge is 0.368 e. The Morgan fingerprint density at radius 2 is 2.10 bits per heavy atom. The zero-order chi connectivity index (χ0) is 13.9. The summed E-state index contributed by atoms with van der Waals surface area (Å²) in [5.74, 6) is 0.0303. The summed E-state index contributed by atoms with van der Waals surface area (Å²) >= 11 is 0. The van der Waals surface area contributed by atoms with Crippen LogP contribution in [0.3, 0.4) is 0 Å². The minimum atomic E-state index is 0.0303. The summed E-state index contributed by atoms with van der Waals surface area (Å²) in [6, 6.07) is 10.5. The molecule has 1 aromatic heterocycles. The number of H-pyrrole nitrogens is 1. The molecule has 1 aliphatic heterocycles. The highest BCUT2D eigenvalue weighted by Gasteiger charge is 2.28. The molecule has 20 heavy (non-hydrogen) atoms. The molecule has 1 N–H and O–H groups in total. The lowest BCUT2D eigenvalue weighted by atomic mass is 10.1. The lowest BCUT2D eigenvalue weighted by Crippen LogP contribution is -2.54. The van der Waals surface area contributed by atoms with Crippen LogP contribution in [0.4, 0.5) is 5.69 Å². The molecule has 0 radical (unpaired) electrons. The first kappa shape index (κ1) is 12.7. The summed E-state index contributed by atoms with van der Waals surface area (Å²) in [6.45, 7) is 4.52. The number of benzene rings is 1. The van der Waals surface area contributed by atoms with Gasteiger partial charge in [0.15, 0.2) is 0 Å². The molecular weight excluding hydrogens is 252 g/mol. The predicted octanol–water partition coefficient (Wildman–Crippen LogP) is 1.76. The summed E-state index contributed by atoms with van der Waals surface area (Å²) in [5.41, 5.74) is 1.78. The Morgan fingerprint density at radius 1 is 1.30 bits per heavy atom. The fourth-order valence-corrected chi connectivity index (χ4v) is 2.66. The van der Waals surface area contributed by atoms with Gasteiger partial charge in [-0.25, -0.2) is 4.98 Å². The van der Waals surface area contributed by atoms with Crippen molar-refractivity contribution in [1.82, 2.24) is 14.9 Å². The number of imidazole rings is 1. The van der Waals surface area contributed by atoms with Gasteiger partial charge < -0.3 is 14.8 Å². The second-order valence-electron chi connectivity index (χ2n) is 5.09. The summed E-state index contributed by atoms with van der Waals surface area (Å²) in [5, 5.41) is 0. The first-order chi connectivity index (χ1) is 9.75. The number of nitrogens with one attached hydrogen (secondary N) is 1. The maximum Gasteiger partial charge on any atom is 0.272 e. The highest BCUT2D eigenvalue weighted by molar-refractivity contribution is 5.92. The topological polar surface area (TPSA) is 52.2 Å². The second kappa shape index (κ2) is 5.36. The average Bonchev–Trinajstić information content (AvgIpc) is 3.01. The van der Waals surface area contributed by atoms with Crippen LogP contribution >= 0.6 is 0 Å². The van der Waals surface area contributed by atoms with Gasteiger partial charge in [0, 0.05) is 31.4 Å². The summed E-state index contributed by atoms with van der Waals surface area (Å²) in [4.78, 5) is 23.4. The van der Waals surface area contributed by atoms with Crippen LogP contribution in [-0.2, 0) is 0 Å². The molecule has 3 rings (SSSR count). The molecule has 2 heterocycles. The highest BCUT2D eigenvalue weighted by Crippen LogP contribution is 2.19. The Kier molecular flexibility index (Phi) is 3.41. The third-order valence-electron chi connectivity index (χ3n) is 3.74. The first-order valence-corrected chi connectivity index (χ1v) is 6.85. The molecule has 0 spiro atoms. The van der Waals surface area contributed by atoms with E-state index in [1.807, 2.05) is 23.1 Å². The van der Waals surface area contributed by atoms with Gasteiger partial charge in [-0.3, -0.25) is 4.79 Å². The number of aromatic nitrogens is 2. The number of anilines is 1. The van der Waals surface area contributed by atoms with Crippen LogP contribution < -0.4 is 4.90 Å². The number of rotatable bonds is 2. The van der Waals surface area contributed by atoms with Gasteiger partial charge >= 0.3 is 0 Å². The zero-order valence-electron chi connectivity index (χ0n) is 11.5. The van der Waals surface area contributed by atoms with E-state index in [1.54, 1.807) is 6.20 Å². The zero-order valence-corrected chi connectivity index (χ0v) is 11.5. The monoisotopic (exact) mass is 270 g/mol. The van der Waals surface area contributed by atoms with Crippen molar-refractivity contribution < 1.29 is 4.79 Å². The van der Waals surface area contributed by atoms with Crippen LogP contribution in [0.25, 0.3) is 0 Å². The quantitative estimate of drug-likeness (QED) is 0.904. The standard InChI is InChI=1S/C15H18N4O/c1-12-10-18(13-5-3-2-4-6-13)7-8-19(12)15(20)14-9-16-11-17-14/h2-6,9,11-12H,7-8,10H2,1H3,(H,16,17)/t12-/m0/s1. The van der Waals surface area contributed by atoms with Crippen molar-refractivity contribution in [1.29, 1.82) is 0 Å². The van der Waals surface area contributed by atoms with Crippen molar-refractivity contribution in [2.45, 2.75) is 13.0 Å². The van der Waals surface area contributed by atoms with Gasteiger partial charge in [-0.15, -0.1) is 0 Å². The van der Waals surface area contributed by atoms with Crippen molar-refractivity contribution in [3.05, 3.63) is 48.5 Å². The number of para-hydroxylation sites is 1. The maximum absolute atomic E-state index is 12.4. The van der Waals surface area contributed by atoms with Gasteiger partial charge in [0.2, 0.25) is 0 Å². The molecule has 0 saturated carbocycles. The van der Waals surface area contributed by atoms with E-state index in [-0.39, 0.29) is 11.9 Å².